The zero-order valence-electron chi connectivity index (χ0n) is 6.43. The van der Waals surface area contributed by atoms with Gasteiger partial charge in [0.05, 0.1) is 0 Å². The van der Waals surface area contributed by atoms with E-state index in [1.54, 1.807) is 0 Å². The van der Waals surface area contributed by atoms with E-state index in [2.05, 4.69) is 29.5 Å². The maximum atomic E-state index is 3.32. The van der Waals surface area contributed by atoms with Crippen LogP contribution in [0.3, 0.4) is 0 Å². The maximum absolute atomic E-state index is 3.32. The smallest absolute Gasteiger partial charge is 0.0178 e. The van der Waals surface area contributed by atoms with Crippen LogP contribution in [0.1, 0.15) is 6.42 Å². The van der Waals surface area contributed by atoms with Crippen molar-refractivity contribution in [3.63, 3.8) is 0 Å². The van der Waals surface area contributed by atoms with Gasteiger partial charge in [-0.05, 0) is 12.6 Å². The molecule has 2 heterocycles. The molecule has 0 aromatic heterocycles. The molecule has 0 aromatic rings. The van der Waals surface area contributed by atoms with Crippen molar-refractivity contribution in [1.82, 2.24) is 10.2 Å². The fourth-order valence-electron chi connectivity index (χ4n) is 1.58. The first-order valence-corrected chi connectivity index (χ1v) is 3.91. The lowest BCUT2D eigenvalue weighted by molar-refractivity contribution is 0.182. The van der Waals surface area contributed by atoms with E-state index in [4.69, 9.17) is 0 Å². The Morgan fingerprint density at radius 1 is 1.50 bits per heavy atom. The molecule has 1 fully saturated rings. The van der Waals surface area contributed by atoms with Gasteiger partial charge in [0.15, 0.2) is 0 Å². The number of nitrogens with one attached hydrogen (secondary N) is 1. The van der Waals surface area contributed by atoms with E-state index in [1.807, 2.05) is 0 Å². The standard InChI is InChI=1S/C8H14N2/c1-10-4-2-8(3-5-10)6-9-7-8/h2,4,9H,3,5-7H2,1H3. The van der Waals surface area contributed by atoms with Crippen LogP contribution in [0.25, 0.3) is 0 Å². The second kappa shape index (κ2) is 1.99. The minimum Gasteiger partial charge on any atom is -0.381 e. The van der Waals surface area contributed by atoms with Gasteiger partial charge < -0.3 is 10.2 Å². The predicted molar refractivity (Wildman–Crippen MR) is 41.7 cm³/mol. The van der Waals surface area contributed by atoms with Gasteiger partial charge in [0, 0.05) is 32.1 Å². The Balaban J connectivity index is 2.07. The minimum absolute atomic E-state index is 0.548. The lowest BCUT2D eigenvalue weighted by Crippen LogP contribution is -2.54. The first-order chi connectivity index (χ1) is 4.81. The molecular formula is C8H14N2. The second-order valence-corrected chi connectivity index (χ2v) is 3.51. The van der Waals surface area contributed by atoms with Crippen LogP contribution in [0.2, 0.25) is 0 Å². The van der Waals surface area contributed by atoms with Crippen LogP contribution >= 0.6 is 0 Å². The molecule has 0 aromatic carbocycles. The van der Waals surface area contributed by atoms with E-state index in [0.29, 0.717) is 5.41 Å². The molecule has 0 amide bonds. The predicted octanol–water partition coefficient (Wildman–Crippen LogP) is 0.425. The van der Waals surface area contributed by atoms with Crippen LogP contribution in [0.4, 0.5) is 0 Å². The molecular weight excluding hydrogens is 124 g/mol. The molecule has 0 saturated carbocycles. The van der Waals surface area contributed by atoms with Gasteiger partial charge in [-0.25, -0.2) is 0 Å². The van der Waals surface area contributed by atoms with Gasteiger partial charge in [-0.15, -0.1) is 0 Å². The van der Waals surface area contributed by atoms with E-state index in [1.165, 1.54) is 26.1 Å². The zero-order chi connectivity index (χ0) is 7.03. The molecule has 2 rings (SSSR count). The summed E-state index contributed by atoms with van der Waals surface area (Å²) in [5.74, 6) is 0. The largest absolute Gasteiger partial charge is 0.381 e. The summed E-state index contributed by atoms with van der Waals surface area (Å²) in [6, 6.07) is 0. The van der Waals surface area contributed by atoms with Gasteiger partial charge in [-0.1, -0.05) is 6.08 Å². The topological polar surface area (TPSA) is 15.3 Å². The van der Waals surface area contributed by atoms with Crippen molar-refractivity contribution in [3.8, 4) is 0 Å². The van der Waals surface area contributed by atoms with Gasteiger partial charge in [0.1, 0.15) is 0 Å². The number of hydrogen-bond acceptors (Lipinski definition) is 2. The lowest BCUT2D eigenvalue weighted by Gasteiger charge is -2.44. The monoisotopic (exact) mass is 138 g/mol. The summed E-state index contributed by atoms with van der Waals surface area (Å²) in [4.78, 5) is 2.25. The van der Waals surface area contributed by atoms with E-state index in [0.717, 1.165) is 0 Å². The number of hydrogen-bond donors (Lipinski definition) is 1. The van der Waals surface area contributed by atoms with E-state index < -0.39 is 0 Å². The highest BCUT2D eigenvalue weighted by Crippen LogP contribution is 2.31. The number of rotatable bonds is 0. The molecule has 0 aliphatic carbocycles. The molecule has 2 nitrogen and oxygen atoms in total. The quantitative estimate of drug-likeness (QED) is 0.522. The molecule has 56 valence electrons. The molecule has 1 N–H and O–H groups in total. The summed E-state index contributed by atoms with van der Waals surface area (Å²) in [6.07, 6.45) is 5.89. The van der Waals surface area contributed by atoms with Gasteiger partial charge in [-0.3, -0.25) is 0 Å². The summed E-state index contributed by atoms with van der Waals surface area (Å²) >= 11 is 0. The second-order valence-electron chi connectivity index (χ2n) is 3.51. The van der Waals surface area contributed by atoms with Crippen molar-refractivity contribution < 1.29 is 0 Å². The molecule has 0 unspecified atom stereocenters. The molecule has 2 aliphatic heterocycles. The van der Waals surface area contributed by atoms with Crippen molar-refractivity contribution in [2.45, 2.75) is 6.42 Å². The van der Waals surface area contributed by atoms with Crippen molar-refractivity contribution in [1.29, 1.82) is 0 Å². The minimum atomic E-state index is 0.548. The molecule has 0 radical (unpaired) electrons. The van der Waals surface area contributed by atoms with Crippen molar-refractivity contribution >= 4 is 0 Å². The Bertz CT molecular complexity index is 159. The SMILES string of the molecule is CN1C=CC2(CC1)CNC2. The molecule has 2 aliphatic rings. The van der Waals surface area contributed by atoms with Crippen LogP contribution in [-0.4, -0.2) is 31.6 Å². The fourth-order valence-corrected chi connectivity index (χ4v) is 1.58. The lowest BCUT2D eigenvalue weighted by atomic mass is 9.77. The third-order valence-corrected chi connectivity index (χ3v) is 2.60. The fraction of sp³-hybridized carbons (Fsp3) is 0.750. The molecule has 2 heteroatoms. The summed E-state index contributed by atoms with van der Waals surface area (Å²) in [6.45, 7) is 3.60. The van der Waals surface area contributed by atoms with E-state index >= 15 is 0 Å². The summed E-state index contributed by atoms with van der Waals surface area (Å²) in [7, 11) is 2.13. The first-order valence-electron chi connectivity index (χ1n) is 3.91. The third kappa shape index (κ3) is 0.833. The Kier molecular flexibility index (Phi) is 1.24. The molecule has 0 atom stereocenters. The Morgan fingerprint density at radius 3 is 2.70 bits per heavy atom. The highest BCUT2D eigenvalue weighted by molar-refractivity contribution is 5.10. The average Bonchev–Trinajstić information content (AvgIpc) is 1.86. The third-order valence-electron chi connectivity index (χ3n) is 2.60. The van der Waals surface area contributed by atoms with Crippen molar-refractivity contribution in [2.24, 2.45) is 5.41 Å². The van der Waals surface area contributed by atoms with Gasteiger partial charge in [-0.2, -0.15) is 0 Å². The van der Waals surface area contributed by atoms with E-state index in [9.17, 15) is 0 Å². The van der Waals surface area contributed by atoms with E-state index in [-0.39, 0.29) is 0 Å². The molecule has 10 heavy (non-hydrogen) atoms. The first kappa shape index (κ1) is 6.23. The molecule has 1 saturated heterocycles. The van der Waals surface area contributed by atoms with Crippen LogP contribution in [-0.2, 0) is 0 Å². The highest BCUT2D eigenvalue weighted by atomic mass is 15.1. The molecule has 0 bridgehead atoms. The summed E-state index contributed by atoms with van der Waals surface area (Å²) in [5, 5.41) is 3.32. The Morgan fingerprint density at radius 2 is 2.30 bits per heavy atom. The van der Waals surface area contributed by atoms with Gasteiger partial charge in [0.25, 0.3) is 0 Å². The molecule has 1 spiro atoms. The van der Waals surface area contributed by atoms with Crippen LogP contribution in [0, 0.1) is 5.41 Å². The number of nitrogens with zero attached hydrogens (tertiary/aromatic N) is 1. The normalized spacial score (nSPS) is 28.7. The maximum Gasteiger partial charge on any atom is 0.0178 e. The van der Waals surface area contributed by atoms with Crippen LogP contribution in [0.15, 0.2) is 12.3 Å². The Labute approximate surface area is 61.9 Å². The van der Waals surface area contributed by atoms with Crippen LogP contribution < -0.4 is 5.32 Å². The zero-order valence-corrected chi connectivity index (χ0v) is 6.43. The van der Waals surface area contributed by atoms with Gasteiger partial charge >= 0.3 is 0 Å². The summed E-state index contributed by atoms with van der Waals surface area (Å²) < 4.78 is 0. The van der Waals surface area contributed by atoms with Crippen LogP contribution in [0.5, 0.6) is 0 Å². The van der Waals surface area contributed by atoms with Crippen molar-refractivity contribution in [2.75, 3.05) is 26.7 Å². The summed E-state index contributed by atoms with van der Waals surface area (Å²) in [5.41, 5.74) is 0.548. The van der Waals surface area contributed by atoms with Gasteiger partial charge in [0.2, 0.25) is 0 Å². The average molecular weight is 138 g/mol. The van der Waals surface area contributed by atoms with Crippen molar-refractivity contribution in [3.05, 3.63) is 12.3 Å². The highest BCUT2D eigenvalue weighted by Gasteiger charge is 2.35. The Hall–Kier alpha value is -0.500.